The highest BCUT2D eigenvalue weighted by molar-refractivity contribution is 7.88. The van der Waals surface area contributed by atoms with Crippen molar-refractivity contribution in [1.82, 2.24) is 5.32 Å². The van der Waals surface area contributed by atoms with E-state index in [0.717, 1.165) is 5.70 Å². The minimum atomic E-state index is -0.828. The number of allylic oxidation sites excluding steroid dienone is 4. The van der Waals surface area contributed by atoms with Crippen LogP contribution in [0.15, 0.2) is 96.9 Å². The summed E-state index contributed by atoms with van der Waals surface area (Å²) in [7, 11) is -0.828. The van der Waals surface area contributed by atoms with Crippen LogP contribution in [0.4, 0.5) is 0 Å². The van der Waals surface area contributed by atoms with E-state index in [1.54, 1.807) is 0 Å². The number of benzene rings is 2. The van der Waals surface area contributed by atoms with Crippen LogP contribution < -0.4 is 15.9 Å². The molecule has 0 aromatic heterocycles. The van der Waals surface area contributed by atoms with Crippen molar-refractivity contribution in [2.75, 3.05) is 0 Å². The molecule has 1 aliphatic heterocycles. The molecule has 3 rings (SSSR count). The molecule has 0 saturated heterocycles. The van der Waals surface area contributed by atoms with Gasteiger partial charge in [0.1, 0.15) is 0 Å². The van der Waals surface area contributed by atoms with Crippen molar-refractivity contribution < 1.29 is 0 Å². The molecule has 22 heavy (non-hydrogen) atoms. The summed E-state index contributed by atoms with van der Waals surface area (Å²) in [6.07, 6.45) is 9.71. The molecule has 0 saturated carbocycles. The Labute approximate surface area is 132 Å². The first-order valence-corrected chi connectivity index (χ1v) is 8.49. The van der Waals surface area contributed by atoms with Crippen LogP contribution in [0.3, 0.4) is 0 Å². The molecule has 0 radical (unpaired) electrons. The third-order valence-corrected chi connectivity index (χ3v) is 5.54. The second-order valence-corrected chi connectivity index (χ2v) is 7.04. The van der Waals surface area contributed by atoms with Gasteiger partial charge in [-0.25, -0.2) is 0 Å². The fraction of sp³-hybridized carbons (Fsp3) is 0. The Bertz CT molecular complexity index is 691. The summed E-state index contributed by atoms with van der Waals surface area (Å²) in [5, 5.41) is 14.2. The molecule has 2 nitrogen and oxygen atoms in total. The molecule has 0 aliphatic carbocycles. The maximum Gasteiger partial charge on any atom is 0.0652 e. The predicted octanol–water partition coefficient (Wildman–Crippen LogP) is 3.65. The lowest BCUT2D eigenvalue weighted by atomic mass is 10.3. The lowest BCUT2D eigenvalue weighted by Crippen LogP contribution is -2.17. The van der Waals surface area contributed by atoms with Gasteiger partial charge in [-0.3, -0.25) is 5.41 Å². The van der Waals surface area contributed by atoms with E-state index in [4.69, 9.17) is 5.41 Å². The zero-order valence-corrected chi connectivity index (χ0v) is 13.0. The molecule has 2 aromatic carbocycles. The minimum absolute atomic E-state index is 0.634. The molecule has 0 bridgehead atoms. The number of dihydropyridines is 1. The lowest BCUT2D eigenvalue weighted by molar-refractivity contribution is 1.10. The van der Waals surface area contributed by atoms with E-state index in [0.29, 0.717) is 5.45 Å². The van der Waals surface area contributed by atoms with Crippen LogP contribution in [0.5, 0.6) is 0 Å². The maximum absolute atomic E-state index is 8.61. The average molecular weight is 304 g/mol. The summed E-state index contributed by atoms with van der Waals surface area (Å²) in [6.45, 7) is 0. The summed E-state index contributed by atoms with van der Waals surface area (Å²) in [6, 6.07) is 20.6. The highest BCUT2D eigenvalue weighted by Crippen LogP contribution is 2.35. The molecular formula is C19H17N2P. The molecule has 0 fully saturated rings. The minimum Gasteiger partial charge on any atom is -0.362 e. The van der Waals surface area contributed by atoms with E-state index in [9.17, 15) is 0 Å². The first-order chi connectivity index (χ1) is 10.8. The second kappa shape index (κ2) is 7.02. The number of rotatable bonds is 4. The van der Waals surface area contributed by atoms with Crippen LogP contribution in [-0.4, -0.2) is 5.45 Å². The summed E-state index contributed by atoms with van der Waals surface area (Å²) in [5.74, 6) is 0. The molecule has 0 spiro atoms. The molecule has 0 unspecified atom stereocenters. The van der Waals surface area contributed by atoms with Crippen molar-refractivity contribution in [2.45, 2.75) is 0 Å². The van der Waals surface area contributed by atoms with Crippen LogP contribution in [0.1, 0.15) is 0 Å². The van der Waals surface area contributed by atoms with Crippen LogP contribution >= 0.6 is 7.92 Å². The van der Waals surface area contributed by atoms with E-state index in [2.05, 4.69) is 29.6 Å². The third kappa shape index (κ3) is 3.41. The Kier molecular flexibility index (Phi) is 4.62. The summed E-state index contributed by atoms with van der Waals surface area (Å²) < 4.78 is 0. The van der Waals surface area contributed by atoms with E-state index in [1.807, 2.05) is 66.9 Å². The molecule has 0 amide bonds. The zero-order chi connectivity index (χ0) is 15.2. The quantitative estimate of drug-likeness (QED) is 0.656. The predicted molar refractivity (Wildman–Crippen MR) is 96.3 cm³/mol. The van der Waals surface area contributed by atoms with Gasteiger partial charge in [0.05, 0.1) is 5.45 Å². The Balaban J connectivity index is 1.97. The van der Waals surface area contributed by atoms with Gasteiger partial charge in [0, 0.05) is 19.8 Å². The van der Waals surface area contributed by atoms with Gasteiger partial charge in [-0.2, -0.15) is 0 Å². The summed E-state index contributed by atoms with van der Waals surface area (Å²) >= 11 is 0. The molecule has 2 N–H and O–H groups in total. The zero-order valence-electron chi connectivity index (χ0n) is 12.1. The normalized spacial score (nSPS) is 15.0. The SMILES string of the molecule is N=C(/C=C1\C=CC=CN1)P(c1ccccc1)c1ccccc1. The number of nitrogens with one attached hydrogen (secondary N) is 2. The van der Waals surface area contributed by atoms with Gasteiger partial charge in [0.2, 0.25) is 0 Å². The Morgan fingerprint density at radius 3 is 1.95 bits per heavy atom. The van der Waals surface area contributed by atoms with Crippen LogP contribution in [-0.2, 0) is 0 Å². The van der Waals surface area contributed by atoms with Crippen LogP contribution in [0, 0.1) is 5.41 Å². The van der Waals surface area contributed by atoms with Gasteiger partial charge < -0.3 is 5.32 Å². The van der Waals surface area contributed by atoms with Gasteiger partial charge >= 0.3 is 0 Å². The Hall–Kier alpha value is -2.44. The van der Waals surface area contributed by atoms with Crippen molar-refractivity contribution in [3.63, 3.8) is 0 Å². The van der Waals surface area contributed by atoms with E-state index in [-0.39, 0.29) is 0 Å². The maximum atomic E-state index is 8.61. The Morgan fingerprint density at radius 1 is 0.864 bits per heavy atom. The van der Waals surface area contributed by atoms with Crippen LogP contribution in [0.25, 0.3) is 0 Å². The van der Waals surface area contributed by atoms with E-state index in [1.165, 1.54) is 10.6 Å². The lowest BCUT2D eigenvalue weighted by Gasteiger charge is -2.18. The Morgan fingerprint density at radius 2 is 1.45 bits per heavy atom. The molecule has 1 aliphatic rings. The largest absolute Gasteiger partial charge is 0.362 e. The standard InChI is InChI=1S/C19H17N2P/c20-19(15-16-9-7-8-14-21-16)22(17-10-3-1-4-11-17)18-12-5-2-6-13-18/h1-15,20-21H/b16-15+,20-19?. The van der Waals surface area contributed by atoms with Gasteiger partial charge in [-0.1, -0.05) is 66.7 Å². The fourth-order valence-corrected chi connectivity index (χ4v) is 4.35. The van der Waals surface area contributed by atoms with E-state index < -0.39 is 7.92 Å². The molecular weight excluding hydrogens is 287 g/mol. The molecule has 108 valence electrons. The molecule has 3 heteroatoms. The first-order valence-electron chi connectivity index (χ1n) is 7.15. The number of hydrogen-bond acceptors (Lipinski definition) is 2. The highest BCUT2D eigenvalue weighted by Gasteiger charge is 2.17. The smallest absolute Gasteiger partial charge is 0.0652 e. The fourth-order valence-electron chi connectivity index (χ4n) is 2.29. The van der Waals surface area contributed by atoms with Crippen molar-refractivity contribution in [3.05, 3.63) is 96.9 Å². The van der Waals surface area contributed by atoms with Crippen molar-refractivity contribution in [1.29, 1.82) is 5.41 Å². The monoisotopic (exact) mass is 304 g/mol. The summed E-state index contributed by atoms with van der Waals surface area (Å²) in [4.78, 5) is 0. The third-order valence-electron chi connectivity index (χ3n) is 3.30. The first kappa shape index (κ1) is 14.5. The number of hydrogen-bond donors (Lipinski definition) is 2. The molecule has 1 heterocycles. The highest BCUT2D eigenvalue weighted by atomic mass is 31.1. The van der Waals surface area contributed by atoms with Crippen molar-refractivity contribution in [3.8, 4) is 0 Å². The molecule has 2 aromatic rings. The topological polar surface area (TPSA) is 35.9 Å². The van der Waals surface area contributed by atoms with Gasteiger partial charge in [-0.05, 0) is 28.8 Å². The van der Waals surface area contributed by atoms with E-state index >= 15 is 0 Å². The van der Waals surface area contributed by atoms with Gasteiger partial charge in [0.15, 0.2) is 0 Å². The summed E-state index contributed by atoms with van der Waals surface area (Å²) in [5.41, 5.74) is 1.58. The average Bonchev–Trinajstić information content (AvgIpc) is 2.58. The second-order valence-electron chi connectivity index (χ2n) is 4.85. The van der Waals surface area contributed by atoms with Crippen molar-refractivity contribution >= 4 is 24.0 Å². The molecule has 0 atom stereocenters. The van der Waals surface area contributed by atoms with Gasteiger partial charge in [0.25, 0.3) is 0 Å². The van der Waals surface area contributed by atoms with Crippen molar-refractivity contribution in [2.24, 2.45) is 0 Å². The van der Waals surface area contributed by atoms with Crippen LogP contribution in [0.2, 0.25) is 0 Å². The van der Waals surface area contributed by atoms with Gasteiger partial charge in [-0.15, -0.1) is 0 Å².